The van der Waals surface area contributed by atoms with Gasteiger partial charge >= 0.3 is 0 Å². The summed E-state index contributed by atoms with van der Waals surface area (Å²) >= 11 is 6.21. The summed E-state index contributed by atoms with van der Waals surface area (Å²) in [5.74, 6) is 0.921. The molecule has 0 aliphatic carbocycles. The normalized spacial score (nSPS) is 20.3. The van der Waals surface area contributed by atoms with Gasteiger partial charge < -0.3 is 9.80 Å². The van der Waals surface area contributed by atoms with Crippen molar-refractivity contribution in [1.82, 2.24) is 15.4 Å². The SMILES string of the molecule is Clc1nnnc(N2CCCC2)c1N1CCCC1. The predicted octanol–water partition coefficient (Wildman–Crippen LogP) is 1.73. The lowest BCUT2D eigenvalue weighted by atomic mass is 10.4. The highest BCUT2D eigenvalue weighted by atomic mass is 35.5. The molecule has 2 aliphatic rings. The van der Waals surface area contributed by atoms with Crippen LogP contribution in [0.3, 0.4) is 0 Å². The van der Waals surface area contributed by atoms with E-state index in [0.717, 1.165) is 37.7 Å². The van der Waals surface area contributed by atoms with Crippen LogP contribution in [0.4, 0.5) is 11.5 Å². The summed E-state index contributed by atoms with van der Waals surface area (Å²) in [5.41, 5.74) is 0.987. The second kappa shape index (κ2) is 4.64. The highest BCUT2D eigenvalue weighted by Gasteiger charge is 2.25. The van der Waals surface area contributed by atoms with E-state index in [-0.39, 0.29) is 0 Å². The van der Waals surface area contributed by atoms with Crippen LogP contribution in [0.25, 0.3) is 0 Å². The Labute approximate surface area is 106 Å². The molecule has 1 aromatic rings. The average molecular weight is 254 g/mol. The standard InChI is InChI=1S/C11H16ClN5/c12-10-9(16-5-1-2-6-16)11(14-15-13-10)17-7-3-4-8-17/h1-8H2. The number of anilines is 2. The zero-order valence-electron chi connectivity index (χ0n) is 9.77. The van der Waals surface area contributed by atoms with Crippen molar-refractivity contribution in [2.75, 3.05) is 36.0 Å². The van der Waals surface area contributed by atoms with Crippen molar-refractivity contribution in [2.45, 2.75) is 25.7 Å². The number of halogens is 1. The molecule has 3 heterocycles. The Balaban J connectivity index is 1.98. The topological polar surface area (TPSA) is 45.2 Å². The Bertz CT molecular complexity index is 399. The van der Waals surface area contributed by atoms with Gasteiger partial charge in [0.2, 0.25) is 0 Å². The summed E-state index contributed by atoms with van der Waals surface area (Å²) in [6, 6.07) is 0. The van der Waals surface area contributed by atoms with Gasteiger partial charge in [-0.05, 0) is 30.9 Å². The van der Waals surface area contributed by atoms with Gasteiger partial charge in [-0.3, -0.25) is 0 Å². The third kappa shape index (κ3) is 2.04. The minimum atomic E-state index is 0.490. The van der Waals surface area contributed by atoms with Crippen LogP contribution in [0.1, 0.15) is 25.7 Å². The molecule has 17 heavy (non-hydrogen) atoms. The van der Waals surface area contributed by atoms with Crippen molar-refractivity contribution in [3.05, 3.63) is 5.15 Å². The molecule has 0 amide bonds. The Hall–Kier alpha value is -1.10. The van der Waals surface area contributed by atoms with Crippen molar-refractivity contribution < 1.29 is 0 Å². The molecule has 0 aromatic carbocycles. The summed E-state index contributed by atoms with van der Waals surface area (Å²) in [4.78, 5) is 4.56. The Morgan fingerprint density at radius 3 is 2.06 bits per heavy atom. The summed E-state index contributed by atoms with van der Waals surface area (Å²) < 4.78 is 0. The van der Waals surface area contributed by atoms with E-state index in [4.69, 9.17) is 11.6 Å². The highest BCUT2D eigenvalue weighted by molar-refractivity contribution is 6.32. The highest BCUT2D eigenvalue weighted by Crippen LogP contribution is 2.35. The average Bonchev–Trinajstić information content (AvgIpc) is 3.02. The predicted molar refractivity (Wildman–Crippen MR) is 67.7 cm³/mol. The Morgan fingerprint density at radius 2 is 1.41 bits per heavy atom. The van der Waals surface area contributed by atoms with E-state index >= 15 is 0 Å². The van der Waals surface area contributed by atoms with Crippen molar-refractivity contribution in [1.29, 1.82) is 0 Å². The van der Waals surface area contributed by atoms with Gasteiger partial charge in [0.15, 0.2) is 11.0 Å². The van der Waals surface area contributed by atoms with Gasteiger partial charge in [-0.1, -0.05) is 11.6 Å². The smallest absolute Gasteiger partial charge is 0.180 e. The first-order valence-corrected chi connectivity index (χ1v) is 6.63. The lowest BCUT2D eigenvalue weighted by molar-refractivity contribution is 0.804. The van der Waals surface area contributed by atoms with Crippen LogP contribution in [0, 0.1) is 0 Å². The first-order valence-electron chi connectivity index (χ1n) is 6.25. The third-order valence-electron chi connectivity index (χ3n) is 3.51. The number of nitrogens with zero attached hydrogens (tertiary/aromatic N) is 5. The van der Waals surface area contributed by atoms with Gasteiger partial charge in [-0.25, -0.2) is 0 Å². The fraction of sp³-hybridized carbons (Fsp3) is 0.727. The summed E-state index contributed by atoms with van der Waals surface area (Å²) in [5, 5.41) is 12.3. The van der Waals surface area contributed by atoms with Crippen LogP contribution in [-0.2, 0) is 0 Å². The molecule has 92 valence electrons. The van der Waals surface area contributed by atoms with Crippen LogP contribution >= 0.6 is 11.6 Å². The summed E-state index contributed by atoms with van der Waals surface area (Å²) in [6.45, 7) is 4.20. The van der Waals surface area contributed by atoms with E-state index in [1.54, 1.807) is 0 Å². The lowest BCUT2D eigenvalue weighted by Crippen LogP contribution is -2.26. The molecule has 0 radical (unpaired) electrons. The van der Waals surface area contributed by atoms with Crippen LogP contribution in [-0.4, -0.2) is 41.6 Å². The Morgan fingerprint density at radius 1 is 0.824 bits per heavy atom. The van der Waals surface area contributed by atoms with Crippen molar-refractivity contribution >= 4 is 23.1 Å². The second-order valence-electron chi connectivity index (χ2n) is 4.64. The van der Waals surface area contributed by atoms with E-state index in [1.165, 1.54) is 25.7 Å². The van der Waals surface area contributed by atoms with E-state index in [1.807, 2.05) is 0 Å². The molecule has 0 saturated carbocycles. The van der Waals surface area contributed by atoms with Crippen molar-refractivity contribution in [3.63, 3.8) is 0 Å². The molecule has 0 bridgehead atoms. The maximum Gasteiger partial charge on any atom is 0.180 e. The second-order valence-corrected chi connectivity index (χ2v) is 5.00. The van der Waals surface area contributed by atoms with Crippen LogP contribution in [0.2, 0.25) is 5.15 Å². The molecule has 1 aromatic heterocycles. The molecule has 0 N–H and O–H groups in total. The fourth-order valence-corrected chi connectivity index (χ4v) is 2.88. The van der Waals surface area contributed by atoms with E-state index in [9.17, 15) is 0 Å². The molecular formula is C11H16ClN5. The van der Waals surface area contributed by atoms with Crippen molar-refractivity contribution in [2.24, 2.45) is 0 Å². The van der Waals surface area contributed by atoms with E-state index < -0.39 is 0 Å². The maximum absolute atomic E-state index is 6.21. The third-order valence-corrected chi connectivity index (χ3v) is 3.76. The molecule has 5 nitrogen and oxygen atoms in total. The fourth-order valence-electron chi connectivity index (χ4n) is 2.65. The van der Waals surface area contributed by atoms with Crippen LogP contribution < -0.4 is 9.80 Å². The summed E-state index contributed by atoms with van der Waals surface area (Å²) in [6.07, 6.45) is 4.89. The zero-order valence-corrected chi connectivity index (χ0v) is 10.5. The van der Waals surface area contributed by atoms with Gasteiger partial charge in [0.1, 0.15) is 5.69 Å². The number of aromatic nitrogens is 3. The molecule has 2 fully saturated rings. The van der Waals surface area contributed by atoms with Gasteiger partial charge in [0, 0.05) is 26.2 Å². The van der Waals surface area contributed by atoms with E-state index in [2.05, 4.69) is 25.2 Å². The van der Waals surface area contributed by atoms with E-state index in [0.29, 0.717) is 5.15 Å². The largest absolute Gasteiger partial charge is 0.366 e. The maximum atomic E-state index is 6.21. The minimum Gasteiger partial charge on any atom is -0.366 e. The zero-order chi connectivity index (χ0) is 11.7. The molecule has 3 rings (SSSR count). The summed E-state index contributed by atoms with van der Waals surface area (Å²) in [7, 11) is 0. The van der Waals surface area contributed by atoms with Gasteiger partial charge in [0.05, 0.1) is 0 Å². The van der Waals surface area contributed by atoms with Crippen LogP contribution in [0.15, 0.2) is 0 Å². The van der Waals surface area contributed by atoms with Crippen LogP contribution in [0.5, 0.6) is 0 Å². The molecule has 0 unspecified atom stereocenters. The molecule has 0 atom stereocenters. The number of hydrogen-bond donors (Lipinski definition) is 0. The number of hydrogen-bond acceptors (Lipinski definition) is 5. The Kier molecular flexibility index (Phi) is 3.01. The first-order chi connectivity index (χ1) is 8.36. The molecule has 2 saturated heterocycles. The molecule has 2 aliphatic heterocycles. The molecule has 6 heteroatoms. The molecular weight excluding hydrogens is 238 g/mol. The lowest BCUT2D eigenvalue weighted by Gasteiger charge is -2.25. The van der Waals surface area contributed by atoms with Gasteiger partial charge in [-0.2, -0.15) is 0 Å². The minimum absolute atomic E-state index is 0.490. The quantitative estimate of drug-likeness (QED) is 0.803. The van der Waals surface area contributed by atoms with Gasteiger partial charge in [-0.15, -0.1) is 10.2 Å². The van der Waals surface area contributed by atoms with Crippen molar-refractivity contribution in [3.8, 4) is 0 Å². The van der Waals surface area contributed by atoms with Gasteiger partial charge in [0.25, 0.3) is 0 Å². The monoisotopic (exact) mass is 253 g/mol. The first kappa shape index (κ1) is 11.0. The molecule has 0 spiro atoms. The number of rotatable bonds is 2.